The topological polar surface area (TPSA) is 94.5 Å². The lowest BCUT2D eigenvalue weighted by Gasteiger charge is -2.30. The van der Waals surface area contributed by atoms with Crippen LogP contribution in [0.15, 0.2) is 35.4 Å². The van der Waals surface area contributed by atoms with E-state index in [1.54, 1.807) is 0 Å². The number of carbonyl (C=O) groups excluding carboxylic acids is 1. The van der Waals surface area contributed by atoms with E-state index in [-0.39, 0.29) is 24.1 Å². The lowest BCUT2D eigenvalue weighted by atomic mass is 9.96. The van der Waals surface area contributed by atoms with Crippen LogP contribution in [0.1, 0.15) is 24.8 Å². The molecule has 0 aliphatic carbocycles. The number of nitriles is 1. The molecule has 1 amide bonds. The summed E-state index contributed by atoms with van der Waals surface area (Å²) >= 11 is 0. The molecule has 0 saturated carbocycles. The molecule has 0 radical (unpaired) electrons. The third-order valence-electron chi connectivity index (χ3n) is 3.78. The Balaban J connectivity index is 1.76. The smallest absolute Gasteiger partial charge is 0.243 e. The van der Waals surface area contributed by atoms with Crippen molar-refractivity contribution in [3.63, 3.8) is 0 Å². The number of hydrazone groups is 1. The Labute approximate surface area is 130 Å². The SMILES string of the molecule is N#CCC(N)=NNC(=O)C1CCN(Cc2ccccc2)CC1. The highest BCUT2D eigenvalue weighted by Gasteiger charge is 2.24. The van der Waals surface area contributed by atoms with Crippen LogP contribution in [0.3, 0.4) is 0 Å². The zero-order chi connectivity index (χ0) is 15.8. The Bertz CT molecular complexity index is 556. The van der Waals surface area contributed by atoms with Gasteiger partial charge < -0.3 is 5.73 Å². The van der Waals surface area contributed by atoms with Gasteiger partial charge in [0.2, 0.25) is 5.91 Å². The van der Waals surface area contributed by atoms with Gasteiger partial charge >= 0.3 is 0 Å². The minimum atomic E-state index is -0.111. The molecule has 0 aromatic heterocycles. The van der Waals surface area contributed by atoms with Gasteiger partial charge in [-0.05, 0) is 31.5 Å². The molecule has 2 rings (SSSR count). The van der Waals surface area contributed by atoms with Crippen LogP contribution >= 0.6 is 0 Å². The molecule has 1 aliphatic rings. The highest BCUT2D eigenvalue weighted by atomic mass is 16.2. The Hall–Kier alpha value is -2.39. The van der Waals surface area contributed by atoms with Crippen LogP contribution in [-0.4, -0.2) is 29.7 Å². The van der Waals surface area contributed by atoms with Crippen LogP contribution in [0.5, 0.6) is 0 Å². The number of amides is 1. The van der Waals surface area contributed by atoms with E-state index in [0.29, 0.717) is 0 Å². The van der Waals surface area contributed by atoms with E-state index in [2.05, 4.69) is 27.6 Å². The molecule has 0 unspecified atom stereocenters. The minimum Gasteiger partial charge on any atom is -0.385 e. The number of rotatable bonds is 5. The monoisotopic (exact) mass is 299 g/mol. The number of nitrogens with one attached hydrogen (secondary N) is 1. The number of amidine groups is 1. The molecule has 3 N–H and O–H groups in total. The average molecular weight is 299 g/mol. The second kappa shape index (κ2) is 8.15. The van der Waals surface area contributed by atoms with E-state index in [0.717, 1.165) is 32.5 Å². The van der Waals surface area contributed by atoms with Crippen molar-refractivity contribution in [2.75, 3.05) is 13.1 Å². The van der Waals surface area contributed by atoms with Crippen LogP contribution in [-0.2, 0) is 11.3 Å². The van der Waals surface area contributed by atoms with Crippen molar-refractivity contribution in [2.45, 2.75) is 25.8 Å². The van der Waals surface area contributed by atoms with E-state index >= 15 is 0 Å². The standard InChI is InChI=1S/C16H21N5O/c17-9-6-15(18)19-20-16(22)14-7-10-21(11-8-14)12-13-4-2-1-3-5-13/h1-5,14H,6-8,10-12H2,(H2,18,19)(H,20,22). The molecular formula is C16H21N5O. The third kappa shape index (κ3) is 4.86. The molecule has 1 fully saturated rings. The Morgan fingerprint density at radius 1 is 1.36 bits per heavy atom. The van der Waals surface area contributed by atoms with Crippen molar-refractivity contribution >= 4 is 11.7 Å². The summed E-state index contributed by atoms with van der Waals surface area (Å²) in [7, 11) is 0. The number of benzene rings is 1. The molecule has 6 heteroatoms. The molecule has 1 aromatic rings. The molecule has 1 aliphatic heterocycles. The zero-order valence-corrected chi connectivity index (χ0v) is 12.5. The van der Waals surface area contributed by atoms with E-state index in [4.69, 9.17) is 11.0 Å². The van der Waals surface area contributed by atoms with Gasteiger partial charge in [0, 0.05) is 12.5 Å². The van der Waals surface area contributed by atoms with Gasteiger partial charge in [-0.3, -0.25) is 9.69 Å². The molecule has 0 atom stereocenters. The normalized spacial score (nSPS) is 17.0. The van der Waals surface area contributed by atoms with Crippen LogP contribution in [0.4, 0.5) is 0 Å². The Morgan fingerprint density at radius 3 is 2.68 bits per heavy atom. The maximum atomic E-state index is 12.0. The predicted octanol–water partition coefficient (Wildman–Crippen LogP) is 1.20. The maximum absolute atomic E-state index is 12.0. The lowest BCUT2D eigenvalue weighted by molar-refractivity contribution is -0.126. The number of nitrogens with zero attached hydrogens (tertiary/aromatic N) is 3. The van der Waals surface area contributed by atoms with Crippen molar-refractivity contribution in [2.24, 2.45) is 16.8 Å². The first-order valence-corrected chi connectivity index (χ1v) is 7.44. The van der Waals surface area contributed by atoms with E-state index in [1.807, 2.05) is 24.3 Å². The fraction of sp³-hybridized carbons (Fsp3) is 0.438. The van der Waals surface area contributed by atoms with Crippen molar-refractivity contribution in [3.05, 3.63) is 35.9 Å². The lowest BCUT2D eigenvalue weighted by Crippen LogP contribution is -2.39. The summed E-state index contributed by atoms with van der Waals surface area (Å²) in [6, 6.07) is 12.2. The Morgan fingerprint density at radius 2 is 2.05 bits per heavy atom. The second-order valence-corrected chi connectivity index (χ2v) is 5.45. The first kappa shape index (κ1) is 16.0. The predicted molar refractivity (Wildman–Crippen MR) is 84.4 cm³/mol. The van der Waals surface area contributed by atoms with Gasteiger partial charge in [-0.1, -0.05) is 30.3 Å². The summed E-state index contributed by atoms with van der Waals surface area (Å²) in [4.78, 5) is 14.4. The van der Waals surface area contributed by atoms with Crippen molar-refractivity contribution in [1.29, 1.82) is 5.26 Å². The van der Waals surface area contributed by atoms with E-state index < -0.39 is 0 Å². The largest absolute Gasteiger partial charge is 0.385 e. The fourth-order valence-electron chi connectivity index (χ4n) is 2.53. The summed E-state index contributed by atoms with van der Waals surface area (Å²) in [5, 5.41) is 12.2. The molecule has 6 nitrogen and oxygen atoms in total. The molecular weight excluding hydrogens is 278 g/mol. The van der Waals surface area contributed by atoms with Gasteiger partial charge in [0.15, 0.2) is 0 Å². The maximum Gasteiger partial charge on any atom is 0.243 e. The quantitative estimate of drug-likeness (QED) is 0.485. The van der Waals surface area contributed by atoms with Gasteiger partial charge in [-0.25, -0.2) is 5.43 Å². The number of hydrogen-bond acceptors (Lipinski definition) is 4. The summed E-state index contributed by atoms with van der Waals surface area (Å²) in [6.07, 6.45) is 1.65. The minimum absolute atomic E-state index is 0.0236. The number of piperidine rings is 1. The molecule has 1 heterocycles. The summed E-state index contributed by atoms with van der Waals surface area (Å²) in [5.41, 5.74) is 9.22. The van der Waals surface area contributed by atoms with Gasteiger partial charge in [-0.2, -0.15) is 10.4 Å². The van der Waals surface area contributed by atoms with Crippen LogP contribution < -0.4 is 11.2 Å². The molecule has 116 valence electrons. The van der Waals surface area contributed by atoms with Crippen LogP contribution in [0, 0.1) is 17.2 Å². The first-order valence-electron chi connectivity index (χ1n) is 7.44. The average Bonchev–Trinajstić information content (AvgIpc) is 2.54. The molecule has 1 aromatic carbocycles. The number of nitrogens with two attached hydrogens (primary N) is 1. The van der Waals surface area contributed by atoms with Gasteiger partial charge in [0.1, 0.15) is 5.84 Å². The summed E-state index contributed by atoms with van der Waals surface area (Å²) in [5.74, 6) is -0.0109. The first-order chi connectivity index (χ1) is 10.7. The van der Waals surface area contributed by atoms with Crippen LogP contribution in [0.2, 0.25) is 0 Å². The second-order valence-electron chi connectivity index (χ2n) is 5.45. The zero-order valence-electron chi connectivity index (χ0n) is 12.5. The molecule has 0 bridgehead atoms. The van der Waals surface area contributed by atoms with E-state index in [9.17, 15) is 4.79 Å². The van der Waals surface area contributed by atoms with Crippen LogP contribution in [0.25, 0.3) is 0 Å². The molecule has 0 spiro atoms. The summed E-state index contributed by atoms with van der Waals surface area (Å²) < 4.78 is 0. The molecule has 22 heavy (non-hydrogen) atoms. The van der Waals surface area contributed by atoms with E-state index in [1.165, 1.54) is 5.56 Å². The van der Waals surface area contributed by atoms with Crippen molar-refractivity contribution in [1.82, 2.24) is 10.3 Å². The highest BCUT2D eigenvalue weighted by Crippen LogP contribution is 2.19. The highest BCUT2D eigenvalue weighted by molar-refractivity contribution is 5.85. The Kier molecular flexibility index (Phi) is 5.92. The van der Waals surface area contributed by atoms with Gasteiger partial charge in [-0.15, -0.1) is 0 Å². The number of carbonyl (C=O) groups is 1. The number of hydrogen-bond donors (Lipinski definition) is 2. The van der Waals surface area contributed by atoms with Crippen molar-refractivity contribution in [3.8, 4) is 6.07 Å². The van der Waals surface area contributed by atoms with Crippen molar-refractivity contribution < 1.29 is 4.79 Å². The molecule has 1 saturated heterocycles. The summed E-state index contributed by atoms with van der Waals surface area (Å²) in [6.45, 7) is 2.71. The van der Waals surface area contributed by atoms with Gasteiger partial charge in [0.05, 0.1) is 12.5 Å². The fourth-order valence-corrected chi connectivity index (χ4v) is 2.53. The third-order valence-corrected chi connectivity index (χ3v) is 3.78. The number of likely N-dealkylation sites (tertiary alicyclic amines) is 1. The van der Waals surface area contributed by atoms with Gasteiger partial charge in [0.25, 0.3) is 0 Å².